The zero-order chi connectivity index (χ0) is 21.4. The molecule has 2 rings (SSSR count). The minimum absolute atomic E-state index is 0.328. The van der Waals surface area contributed by atoms with Crippen LogP contribution in [0.4, 0.5) is 13.2 Å². The number of piperazine rings is 1. The van der Waals surface area contributed by atoms with E-state index in [-0.39, 0.29) is 0 Å². The van der Waals surface area contributed by atoms with Gasteiger partial charge in [0.15, 0.2) is 5.96 Å². The van der Waals surface area contributed by atoms with E-state index in [1.165, 1.54) is 12.1 Å². The first-order valence-electron chi connectivity index (χ1n) is 10.3. The average Bonchev–Trinajstić information content (AvgIpc) is 2.67. The van der Waals surface area contributed by atoms with E-state index in [0.717, 1.165) is 57.0 Å². The van der Waals surface area contributed by atoms with Crippen molar-refractivity contribution in [3.05, 3.63) is 35.4 Å². The van der Waals surface area contributed by atoms with Gasteiger partial charge in [0.25, 0.3) is 0 Å². The van der Waals surface area contributed by atoms with Crippen LogP contribution in [0.15, 0.2) is 29.3 Å². The molecule has 0 saturated carbocycles. The quantitative estimate of drug-likeness (QED) is 0.533. The lowest BCUT2D eigenvalue weighted by molar-refractivity contribution is -0.137. The minimum Gasteiger partial charge on any atom is -0.357 e. The second-order valence-electron chi connectivity index (χ2n) is 7.92. The van der Waals surface area contributed by atoms with E-state index < -0.39 is 11.7 Å². The van der Waals surface area contributed by atoms with Crippen LogP contribution in [0.5, 0.6) is 0 Å². The standard InChI is InChI=1S/C21H34F3N5/c1-5-25-20(26-14-17-6-8-18(9-7-17)21(22,23)24)27-15-19(16(2)3)29-12-10-28(4)11-13-29/h6-9,16,19H,5,10-15H2,1-4H3,(H2,25,26,27). The molecule has 8 heteroatoms. The average molecular weight is 414 g/mol. The third kappa shape index (κ3) is 7.51. The molecule has 1 aliphatic heterocycles. The lowest BCUT2D eigenvalue weighted by Crippen LogP contribution is -2.55. The number of hydrogen-bond donors (Lipinski definition) is 2. The van der Waals surface area contributed by atoms with Crippen LogP contribution in [0.1, 0.15) is 31.9 Å². The molecular weight excluding hydrogens is 379 g/mol. The molecule has 0 aromatic heterocycles. The van der Waals surface area contributed by atoms with Gasteiger partial charge in [-0.05, 0) is 37.6 Å². The zero-order valence-corrected chi connectivity index (χ0v) is 17.9. The number of nitrogens with one attached hydrogen (secondary N) is 2. The topological polar surface area (TPSA) is 42.9 Å². The van der Waals surface area contributed by atoms with Crippen LogP contribution in [-0.4, -0.2) is 68.1 Å². The number of guanidine groups is 1. The van der Waals surface area contributed by atoms with Crippen LogP contribution in [0.3, 0.4) is 0 Å². The summed E-state index contributed by atoms with van der Waals surface area (Å²) in [7, 11) is 2.15. The highest BCUT2D eigenvalue weighted by molar-refractivity contribution is 5.79. The number of hydrogen-bond acceptors (Lipinski definition) is 3. The highest BCUT2D eigenvalue weighted by atomic mass is 19.4. The first-order chi connectivity index (χ1) is 13.7. The molecule has 0 radical (unpaired) electrons. The molecule has 1 saturated heterocycles. The molecule has 1 aliphatic rings. The molecule has 164 valence electrons. The number of benzene rings is 1. The Hall–Kier alpha value is -1.80. The van der Waals surface area contributed by atoms with Crippen molar-refractivity contribution in [1.82, 2.24) is 20.4 Å². The largest absolute Gasteiger partial charge is 0.416 e. The predicted molar refractivity (Wildman–Crippen MR) is 112 cm³/mol. The Morgan fingerprint density at radius 2 is 1.69 bits per heavy atom. The number of halogens is 3. The van der Waals surface area contributed by atoms with Crippen LogP contribution < -0.4 is 10.6 Å². The van der Waals surface area contributed by atoms with Crippen LogP contribution in [0, 0.1) is 5.92 Å². The molecular formula is C21H34F3N5. The van der Waals surface area contributed by atoms with Gasteiger partial charge in [0.1, 0.15) is 0 Å². The second-order valence-corrected chi connectivity index (χ2v) is 7.92. The van der Waals surface area contributed by atoms with E-state index >= 15 is 0 Å². The molecule has 1 atom stereocenters. The highest BCUT2D eigenvalue weighted by Gasteiger charge is 2.30. The number of alkyl halides is 3. The fourth-order valence-electron chi connectivity index (χ4n) is 3.45. The van der Waals surface area contributed by atoms with Crippen LogP contribution in [0.25, 0.3) is 0 Å². The van der Waals surface area contributed by atoms with E-state index in [9.17, 15) is 13.2 Å². The Labute approximate surface area is 172 Å². The summed E-state index contributed by atoms with van der Waals surface area (Å²) >= 11 is 0. The second kappa shape index (κ2) is 10.8. The molecule has 0 amide bonds. The Bertz CT molecular complexity index is 635. The number of rotatable bonds is 7. The Kier molecular flexibility index (Phi) is 8.77. The van der Waals surface area contributed by atoms with Gasteiger partial charge in [-0.25, -0.2) is 4.99 Å². The van der Waals surface area contributed by atoms with Gasteiger partial charge in [-0.3, -0.25) is 4.90 Å². The summed E-state index contributed by atoms with van der Waals surface area (Å²) in [6, 6.07) is 5.58. The van der Waals surface area contributed by atoms with Crippen molar-refractivity contribution in [1.29, 1.82) is 0 Å². The number of likely N-dealkylation sites (N-methyl/N-ethyl adjacent to an activating group) is 1. The van der Waals surface area contributed by atoms with Gasteiger partial charge in [0, 0.05) is 45.3 Å². The third-order valence-corrected chi connectivity index (χ3v) is 5.30. The third-order valence-electron chi connectivity index (χ3n) is 5.30. The molecule has 1 aromatic carbocycles. The maximum atomic E-state index is 12.7. The van der Waals surface area contributed by atoms with E-state index in [1.54, 1.807) is 0 Å². The Morgan fingerprint density at radius 1 is 1.07 bits per heavy atom. The van der Waals surface area contributed by atoms with Crippen LogP contribution in [0.2, 0.25) is 0 Å². The van der Waals surface area contributed by atoms with Crippen molar-refractivity contribution in [2.24, 2.45) is 10.9 Å². The summed E-state index contributed by atoms with van der Waals surface area (Å²) in [6.45, 7) is 12.6. The molecule has 29 heavy (non-hydrogen) atoms. The van der Waals surface area contributed by atoms with E-state index in [4.69, 9.17) is 0 Å². The minimum atomic E-state index is -4.31. The molecule has 1 aromatic rings. The summed E-state index contributed by atoms with van der Waals surface area (Å²) in [5, 5.41) is 6.65. The van der Waals surface area contributed by atoms with E-state index in [2.05, 4.69) is 46.3 Å². The summed E-state index contributed by atoms with van der Waals surface area (Å²) < 4.78 is 38.1. The van der Waals surface area contributed by atoms with Crippen molar-refractivity contribution in [3.8, 4) is 0 Å². The monoisotopic (exact) mass is 413 g/mol. The summed E-state index contributed by atoms with van der Waals surface area (Å²) in [5.74, 6) is 1.19. The number of aliphatic imine (C=N–C) groups is 1. The van der Waals surface area contributed by atoms with Gasteiger partial charge in [-0.1, -0.05) is 26.0 Å². The molecule has 0 bridgehead atoms. The summed E-state index contributed by atoms with van der Waals surface area (Å²) in [5.41, 5.74) is 0.108. The van der Waals surface area contributed by atoms with Crippen molar-refractivity contribution in [2.45, 2.75) is 39.5 Å². The smallest absolute Gasteiger partial charge is 0.357 e. The molecule has 1 unspecified atom stereocenters. The van der Waals surface area contributed by atoms with Crippen molar-refractivity contribution < 1.29 is 13.2 Å². The Balaban J connectivity index is 1.97. The first-order valence-corrected chi connectivity index (χ1v) is 10.3. The molecule has 2 N–H and O–H groups in total. The molecule has 0 aliphatic carbocycles. The van der Waals surface area contributed by atoms with Gasteiger partial charge in [-0.15, -0.1) is 0 Å². The van der Waals surface area contributed by atoms with Gasteiger partial charge in [0.05, 0.1) is 12.1 Å². The molecule has 0 spiro atoms. The van der Waals surface area contributed by atoms with Crippen LogP contribution in [-0.2, 0) is 12.7 Å². The summed E-state index contributed by atoms with van der Waals surface area (Å²) in [6.07, 6.45) is -4.31. The lowest BCUT2D eigenvalue weighted by atomic mass is 10.0. The Morgan fingerprint density at radius 3 is 2.21 bits per heavy atom. The van der Waals surface area contributed by atoms with Crippen molar-refractivity contribution >= 4 is 5.96 Å². The maximum absolute atomic E-state index is 12.7. The SMILES string of the molecule is CCNC(=NCc1ccc(C(F)(F)F)cc1)NCC(C(C)C)N1CCN(C)CC1. The highest BCUT2D eigenvalue weighted by Crippen LogP contribution is 2.29. The van der Waals surface area contributed by atoms with Crippen molar-refractivity contribution in [3.63, 3.8) is 0 Å². The maximum Gasteiger partial charge on any atom is 0.416 e. The summed E-state index contributed by atoms with van der Waals surface area (Å²) in [4.78, 5) is 9.42. The van der Waals surface area contributed by atoms with E-state index in [0.29, 0.717) is 24.5 Å². The van der Waals surface area contributed by atoms with E-state index in [1.807, 2.05) is 6.92 Å². The fraction of sp³-hybridized carbons (Fsp3) is 0.667. The predicted octanol–water partition coefficient (Wildman–Crippen LogP) is 3.03. The fourth-order valence-corrected chi connectivity index (χ4v) is 3.45. The van der Waals surface area contributed by atoms with Gasteiger partial charge in [0.2, 0.25) is 0 Å². The molecule has 1 fully saturated rings. The lowest BCUT2D eigenvalue weighted by Gasteiger charge is -2.40. The number of nitrogens with zero attached hydrogens (tertiary/aromatic N) is 3. The first kappa shape index (κ1) is 23.5. The molecule has 5 nitrogen and oxygen atoms in total. The molecule has 1 heterocycles. The van der Waals surface area contributed by atoms with Gasteiger partial charge < -0.3 is 15.5 Å². The van der Waals surface area contributed by atoms with Gasteiger partial charge >= 0.3 is 6.18 Å². The van der Waals surface area contributed by atoms with Crippen LogP contribution >= 0.6 is 0 Å². The normalized spacial score (nSPS) is 18.1. The van der Waals surface area contributed by atoms with Crippen molar-refractivity contribution in [2.75, 3.05) is 46.3 Å². The zero-order valence-electron chi connectivity index (χ0n) is 17.9. The van der Waals surface area contributed by atoms with Gasteiger partial charge in [-0.2, -0.15) is 13.2 Å².